The van der Waals surface area contributed by atoms with Gasteiger partial charge in [0.2, 0.25) is 0 Å². The maximum atomic E-state index is 13.1. The number of benzene rings is 1. The van der Waals surface area contributed by atoms with Gasteiger partial charge in [0, 0.05) is 17.0 Å². The summed E-state index contributed by atoms with van der Waals surface area (Å²) in [5.41, 5.74) is -4.38. The van der Waals surface area contributed by atoms with Crippen LogP contribution in [0.1, 0.15) is 43.2 Å². The Labute approximate surface area is 162 Å². The molecule has 2 fully saturated rings. The predicted molar refractivity (Wildman–Crippen MR) is 97.0 cm³/mol. The molecule has 1 unspecified atom stereocenters. The molecule has 1 saturated heterocycles. The molecule has 0 radical (unpaired) electrons. The molecule has 5 nitrogen and oxygen atoms in total. The highest BCUT2D eigenvalue weighted by atomic mass is 32.2. The van der Waals surface area contributed by atoms with E-state index in [1.165, 1.54) is 13.2 Å². The number of piperidine rings is 1. The van der Waals surface area contributed by atoms with E-state index in [1.54, 1.807) is 0 Å². The van der Waals surface area contributed by atoms with Crippen molar-refractivity contribution in [2.24, 2.45) is 5.92 Å². The molecule has 0 aromatic heterocycles. The van der Waals surface area contributed by atoms with Crippen molar-refractivity contribution >= 4 is 10.1 Å². The van der Waals surface area contributed by atoms with Gasteiger partial charge >= 0.3 is 15.6 Å². The molecule has 0 spiro atoms. The van der Waals surface area contributed by atoms with Crippen LogP contribution in [0.25, 0.3) is 0 Å². The van der Waals surface area contributed by atoms with E-state index in [4.69, 9.17) is 8.92 Å². The van der Waals surface area contributed by atoms with Crippen molar-refractivity contribution in [2.75, 3.05) is 20.7 Å². The highest BCUT2D eigenvalue weighted by Gasteiger charge is 2.56. The second-order valence-electron chi connectivity index (χ2n) is 8.12. The average molecular weight is 419 g/mol. The lowest BCUT2D eigenvalue weighted by molar-refractivity contribution is -0.0503. The number of hydrogen-bond acceptors (Lipinski definition) is 5. The van der Waals surface area contributed by atoms with E-state index < -0.39 is 15.6 Å². The summed E-state index contributed by atoms with van der Waals surface area (Å²) < 4.78 is 72.9. The number of nitrogens with zero attached hydrogens (tertiary/aromatic N) is 1. The van der Waals surface area contributed by atoms with Crippen LogP contribution in [0.4, 0.5) is 13.2 Å². The normalized spacial score (nSPS) is 30.3. The molecule has 0 N–H and O–H groups in total. The van der Waals surface area contributed by atoms with Crippen molar-refractivity contribution in [3.8, 4) is 11.5 Å². The summed E-state index contributed by atoms with van der Waals surface area (Å²) >= 11 is 0. The van der Waals surface area contributed by atoms with Gasteiger partial charge < -0.3 is 13.8 Å². The molecule has 4 rings (SSSR count). The highest BCUT2D eigenvalue weighted by molar-refractivity contribution is 7.88. The Morgan fingerprint density at radius 3 is 2.64 bits per heavy atom. The van der Waals surface area contributed by atoms with Crippen LogP contribution in [0.5, 0.6) is 11.5 Å². The van der Waals surface area contributed by atoms with Crippen LogP contribution in [0.3, 0.4) is 0 Å². The van der Waals surface area contributed by atoms with Crippen LogP contribution >= 0.6 is 0 Å². The zero-order chi connectivity index (χ0) is 20.3. The van der Waals surface area contributed by atoms with Gasteiger partial charge in [0.25, 0.3) is 0 Å². The summed E-state index contributed by atoms with van der Waals surface area (Å²) in [6, 6.07) is 3.66. The molecule has 156 valence electrons. The fraction of sp³-hybridized carbons (Fsp3) is 0.684. The monoisotopic (exact) mass is 419 g/mol. The minimum Gasteiger partial charge on any atom is -0.493 e. The van der Waals surface area contributed by atoms with E-state index in [-0.39, 0.29) is 22.8 Å². The average Bonchev–Trinajstić information content (AvgIpc) is 2.63. The van der Waals surface area contributed by atoms with E-state index in [0.29, 0.717) is 18.0 Å². The van der Waals surface area contributed by atoms with E-state index in [2.05, 4.69) is 11.9 Å². The fourth-order valence-electron chi connectivity index (χ4n) is 5.67. The van der Waals surface area contributed by atoms with Gasteiger partial charge in [0.1, 0.15) is 0 Å². The molecule has 1 aromatic rings. The first kappa shape index (κ1) is 19.8. The molecule has 1 saturated carbocycles. The molecule has 2 bridgehead atoms. The molecule has 2 aliphatic carbocycles. The summed E-state index contributed by atoms with van der Waals surface area (Å²) in [5.74, 6) is 0.0328. The van der Waals surface area contributed by atoms with Gasteiger partial charge in [-0.2, -0.15) is 21.6 Å². The van der Waals surface area contributed by atoms with Crippen molar-refractivity contribution in [3.05, 3.63) is 23.3 Å². The Hall–Kier alpha value is -1.48. The number of halogens is 3. The Bertz CT molecular complexity index is 886. The van der Waals surface area contributed by atoms with E-state index in [1.807, 2.05) is 6.07 Å². The first-order valence-corrected chi connectivity index (χ1v) is 10.9. The van der Waals surface area contributed by atoms with Gasteiger partial charge in [-0.05, 0) is 56.8 Å². The zero-order valence-corrected chi connectivity index (χ0v) is 16.7. The molecule has 3 aliphatic rings. The molecule has 9 heteroatoms. The van der Waals surface area contributed by atoms with Crippen LogP contribution < -0.4 is 8.92 Å². The van der Waals surface area contributed by atoms with Crippen molar-refractivity contribution in [1.29, 1.82) is 0 Å². The van der Waals surface area contributed by atoms with E-state index >= 15 is 0 Å². The Kier molecular flexibility index (Phi) is 4.61. The highest BCUT2D eigenvalue weighted by Crippen LogP contribution is 2.59. The Morgan fingerprint density at radius 1 is 1.21 bits per heavy atom. The molecular formula is C19H24F3NO4S. The van der Waals surface area contributed by atoms with Gasteiger partial charge in [-0.3, -0.25) is 0 Å². The van der Waals surface area contributed by atoms with Crippen LogP contribution in [0, 0.1) is 5.92 Å². The number of likely N-dealkylation sites (N-methyl/N-ethyl adjacent to an activating group) is 1. The number of ether oxygens (including phenoxy) is 1. The Balaban J connectivity index is 1.93. The summed E-state index contributed by atoms with van der Waals surface area (Å²) in [7, 11) is -2.39. The van der Waals surface area contributed by atoms with Crippen LogP contribution in [0.2, 0.25) is 0 Å². The smallest absolute Gasteiger partial charge is 0.493 e. The number of rotatable bonds is 3. The van der Waals surface area contributed by atoms with E-state index in [9.17, 15) is 21.6 Å². The molecular weight excluding hydrogens is 395 g/mol. The standard InChI is InChI=1S/C19H24F3NO4S/c1-23-10-9-18-8-4-3-5-13(18)14(23)11-12-6-7-15(26-2)17(16(12)18)27-28(24,25)19(20,21)22/h6-7,13-14H,3-5,8-11H2,1-2H3/t13?,14-,18-/m1/s1. The van der Waals surface area contributed by atoms with Gasteiger partial charge in [-0.25, -0.2) is 0 Å². The van der Waals surface area contributed by atoms with Gasteiger partial charge in [0.15, 0.2) is 11.5 Å². The number of methoxy groups -OCH3 is 1. The Morgan fingerprint density at radius 2 is 1.96 bits per heavy atom. The summed E-state index contributed by atoms with van der Waals surface area (Å²) in [4.78, 5) is 2.33. The largest absolute Gasteiger partial charge is 0.534 e. The molecule has 1 aromatic carbocycles. The van der Waals surface area contributed by atoms with Crippen molar-refractivity contribution in [2.45, 2.75) is 55.5 Å². The lowest BCUT2D eigenvalue weighted by Gasteiger charge is -2.58. The summed E-state index contributed by atoms with van der Waals surface area (Å²) in [5, 5.41) is 0. The van der Waals surface area contributed by atoms with Gasteiger partial charge in [-0.15, -0.1) is 0 Å². The second kappa shape index (κ2) is 6.52. The van der Waals surface area contributed by atoms with Crippen molar-refractivity contribution in [3.63, 3.8) is 0 Å². The lowest BCUT2D eigenvalue weighted by atomic mass is 9.52. The number of hydrogen-bond donors (Lipinski definition) is 0. The number of fused-ring (bicyclic) bond motifs is 1. The third-order valence-electron chi connectivity index (χ3n) is 6.87. The van der Waals surface area contributed by atoms with Crippen LogP contribution in [0.15, 0.2) is 12.1 Å². The fourth-order valence-corrected chi connectivity index (χ4v) is 6.15. The molecule has 1 aliphatic heterocycles. The van der Waals surface area contributed by atoms with Crippen LogP contribution in [-0.4, -0.2) is 45.6 Å². The lowest BCUT2D eigenvalue weighted by Crippen LogP contribution is -2.60. The number of alkyl halides is 3. The molecule has 0 amide bonds. The van der Waals surface area contributed by atoms with E-state index in [0.717, 1.165) is 44.2 Å². The predicted octanol–water partition coefficient (Wildman–Crippen LogP) is 3.61. The van der Waals surface area contributed by atoms with Gasteiger partial charge in [0.05, 0.1) is 7.11 Å². The summed E-state index contributed by atoms with van der Waals surface area (Å²) in [6.07, 6.45) is 5.29. The number of likely N-dealkylation sites (tertiary alicyclic amines) is 1. The molecule has 28 heavy (non-hydrogen) atoms. The first-order valence-electron chi connectivity index (χ1n) is 9.52. The zero-order valence-electron chi connectivity index (χ0n) is 15.9. The third kappa shape index (κ3) is 2.81. The minimum atomic E-state index is -5.79. The molecule has 3 atom stereocenters. The maximum Gasteiger partial charge on any atom is 0.534 e. The van der Waals surface area contributed by atoms with Crippen molar-refractivity contribution < 1.29 is 30.5 Å². The van der Waals surface area contributed by atoms with Crippen molar-refractivity contribution in [1.82, 2.24) is 4.90 Å². The third-order valence-corrected chi connectivity index (χ3v) is 7.82. The van der Waals surface area contributed by atoms with Gasteiger partial charge in [-0.1, -0.05) is 18.9 Å². The summed E-state index contributed by atoms with van der Waals surface area (Å²) in [6.45, 7) is 0.823. The maximum absolute atomic E-state index is 13.1. The minimum absolute atomic E-state index is 0.0302. The SMILES string of the molecule is COc1ccc2c(c1OS(=O)(=O)C(F)(F)F)[C@@]13CCCCC1[C@@H](C2)N(C)CC3. The molecule has 1 heterocycles. The quantitative estimate of drug-likeness (QED) is 0.553. The first-order chi connectivity index (χ1) is 13.1. The second-order valence-corrected chi connectivity index (χ2v) is 9.66. The van der Waals surface area contributed by atoms with Crippen LogP contribution in [-0.2, 0) is 22.0 Å². The topological polar surface area (TPSA) is 55.8 Å².